The van der Waals surface area contributed by atoms with E-state index in [2.05, 4.69) is 95.5 Å². The van der Waals surface area contributed by atoms with E-state index in [0.29, 0.717) is 80.4 Å². The van der Waals surface area contributed by atoms with Crippen molar-refractivity contribution in [2.45, 2.75) is 177 Å². The van der Waals surface area contributed by atoms with Crippen molar-refractivity contribution in [3.63, 3.8) is 0 Å². The molecule has 8 aliphatic rings. The monoisotopic (exact) mass is 1820 g/mol. The number of halogens is 11. The van der Waals surface area contributed by atoms with E-state index in [-0.39, 0.29) is 142 Å². The molecule has 15 rings (SSSR count). The summed E-state index contributed by atoms with van der Waals surface area (Å²) < 4.78 is 136. The van der Waals surface area contributed by atoms with Crippen molar-refractivity contribution in [1.29, 1.82) is 0 Å². The third-order valence-corrected chi connectivity index (χ3v) is 22.8. The predicted octanol–water partition coefficient (Wildman–Crippen LogP) is 14.5. The molecular weight excluding hydrogens is 1720 g/mol. The number of likely N-dealkylation sites (tertiary alicyclic amines) is 3. The molecule has 0 spiro atoms. The molecule has 4 saturated heterocycles. The Hall–Kier alpha value is -10.7. The van der Waals surface area contributed by atoms with Crippen LogP contribution < -0.4 is 51.8 Å². The molecule has 7 aromatic rings. The average Bonchev–Trinajstić information content (AvgIpc) is 1.61. The van der Waals surface area contributed by atoms with E-state index in [9.17, 15) is 84.6 Å². The van der Waals surface area contributed by atoms with E-state index in [4.69, 9.17) is 33.7 Å². The Balaban J connectivity index is 0.000000174. The predicted molar refractivity (Wildman–Crippen MR) is 447 cm³/mol. The van der Waals surface area contributed by atoms with Crippen molar-refractivity contribution in [2.24, 2.45) is 23.5 Å². The van der Waals surface area contributed by atoms with Gasteiger partial charge in [0.15, 0.2) is 0 Å². The first-order chi connectivity index (χ1) is 60.2. The lowest BCUT2D eigenvalue weighted by Gasteiger charge is -2.48. The Morgan fingerprint density at radius 2 is 0.786 bits per heavy atom. The van der Waals surface area contributed by atoms with Crippen molar-refractivity contribution in [3.8, 4) is 17.2 Å². The number of imide groups is 1. The number of benzene rings is 4. The summed E-state index contributed by atoms with van der Waals surface area (Å²) >= 11 is 10.2. The summed E-state index contributed by atoms with van der Waals surface area (Å²) in [4.78, 5) is 91.2. The van der Waals surface area contributed by atoms with Crippen LogP contribution in [0.5, 0.6) is 17.2 Å². The zero-order valence-corrected chi connectivity index (χ0v) is 70.1. The number of β-amino-alcohol motifs (C(OH)–C–C–N with tert-alkyl or cyclic N) is 1. The molecule has 0 bridgehead atoms. The lowest BCUT2D eigenvalue weighted by Crippen LogP contribution is -2.63. The number of ether oxygens (including phenoxy) is 5. The number of hydrogen-bond donors (Lipinski definition) is 8. The van der Waals surface area contributed by atoms with Crippen LogP contribution in [0, 0.1) is 48.1 Å². The van der Waals surface area contributed by atoms with Crippen LogP contribution in [-0.4, -0.2) is 220 Å². The molecule has 0 unspecified atom stereocenters. The fourth-order valence-corrected chi connectivity index (χ4v) is 16.2. The number of nitrogens with two attached hydrogens (primary N) is 1. The highest BCUT2D eigenvalue weighted by atomic mass is 35.5. The number of nitrogens with one attached hydrogen (secondary N) is 6. The number of aromatic nitrogens is 6. The van der Waals surface area contributed by atoms with E-state index in [1.54, 1.807) is 42.5 Å². The highest BCUT2D eigenvalue weighted by Gasteiger charge is 2.47. The number of aliphatic hydroxyl groups excluding tert-OH is 1. The fraction of sp³-hybridized carbons (Fsp3) is 0.531. The van der Waals surface area contributed by atoms with Gasteiger partial charge in [-0.2, -0.15) is 15.0 Å². The summed E-state index contributed by atoms with van der Waals surface area (Å²) in [6.45, 7) is 10.3. The number of nitrogens with zero attached hydrogens (tertiary/aromatic N) is 13. The zero-order chi connectivity index (χ0) is 90.2. The third-order valence-electron chi connectivity index (χ3n) is 22.5. The van der Waals surface area contributed by atoms with Gasteiger partial charge in [0, 0.05) is 139 Å². The number of nitro groups is 3. The number of amides is 2. The minimum absolute atomic E-state index is 0.0130. The lowest BCUT2D eigenvalue weighted by molar-refractivity contribution is -0.384. The number of carbonyl (C=O) groups is 2. The quantitative estimate of drug-likeness (QED) is 0.00681. The number of aliphatic hydroxyl groups is 1. The van der Waals surface area contributed by atoms with Crippen molar-refractivity contribution in [2.75, 3.05) is 111 Å². The standard InChI is InChI=1S/C30H30F3N7O5.C22H28F3N7O3.C22H27F3N6O4.C4H8O.C3H6Cl2O/c31-30(32,33)45-25-8-4-1-5-19(25)14-35-29-36-15-24(40(43)44)26(37-29)34-13-18-9-11-20(12-10-18)38-16-21(17-38)39-27(41)22-6-2-3-7-23(22)28(39)42;23-22(24,25)35-19-4-2-1-3-15(19)10-28-21-29-11-18(32(33)34)20(30-21)27-9-14-5-7-17(8-6-14)31-12-16(26)13-31;23-22(24,25)35-19-4-2-1-3-15(19)10-27-21-28-11-18(31(33)34)20(29-21)26-9-14-5-7-16(8-6-14)30-12-17(32)13-30;1-2-4-5-3-1;1-2-6-3(4)5/h1-8,15,18,20-21H,9-14,16-17H2,(H2,34,35,36,37);1-4,11,14,16-17H,5-10,12-13,26H2,(H2,27,28,29,30);1-4,11,14,16-17,32H,5-10,12-13H2,(H2,26,27,28,29);1-4H2;3H,2H2,1H3. The van der Waals surface area contributed by atoms with Crippen LogP contribution in [0.4, 0.5) is 91.9 Å². The zero-order valence-electron chi connectivity index (χ0n) is 68.6. The molecule has 126 heavy (non-hydrogen) atoms. The van der Waals surface area contributed by atoms with E-state index in [0.717, 1.165) is 135 Å². The Labute approximate surface area is 728 Å². The molecule has 34 nitrogen and oxygen atoms in total. The Morgan fingerprint density at radius 3 is 1.06 bits per heavy atom. The van der Waals surface area contributed by atoms with Gasteiger partial charge in [0.1, 0.15) is 35.8 Å². The Kier molecular flexibility index (Phi) is 34.4. The van der Waals surface area contributed by atoms with Gasteiger partial charge < -0.3 is 66.4 Å². The molecule has 5 aliphatic heterocycles. The minimum atomic E-state index is -4.85. The van der Waals surface area contributed by atoms with E-state index in [1.165, 1.54) is 72.3 Å². The first kappa shape index (κ1) is 96.0. The van der Waals surface area contributed by atoms with Gasteiger partial charge in [-0.15, -0.1) is 39.5 Å². The summed E-state index contributed by atoms with van der Waals surface area (Å²) in [5.74, 6) is -0.336. The number of para-hydroxylation sites is 3. The van der Waals surface area contributed by atoms with E-state index in [1.807, 2.05) is 6.92 Å². The maximum atomic E-state index is 12.8. The van der Waals surface area contributed by atoms with Crippen molar-refractivity contribution in [1.82, 2.24) is 49.5 Å². The number of fused-ring (bicyclic) bond motifs is 1. The van der Waals surface area contributed by atoms with E-state index < -0.39 is 38.9 Å². The van der Waals surface area contributed by atoms with Gasteiger partial charge in [0.2, 0.25) is 40.3 Å². The lowest BCUT2D eigenvalue weighted by atomic mass is 9.83. The summed E-state index contributed by atoms with van der Waals surface area (Å²) in [6, 6.07) is 25.4. The maximum absolute atomic E-state index is 12.8. The number of anilines is 6. The number of alkyl halides is 11. The van der Waals surface area contributed by atoms with Gasteiger partial charge in [-0.25, -0.2) is 15.0 Å². The number of hydrogen-bond acceptors (Lipinski definition) is 30. The molecular formula is C81H99Cl2F9N20O14. The topological polar surface area (TPSA) is 418 Å². The van der Waals surface area contributed by atoms with Gasteiger partial charge in [-0.3, -0.25) is 59.5 Å². The third kappa shape index (κ3) is 28.7. The highest BCUT2D eigenvalue weighted by molar-refractivity contribution is 6.43. The molecule has 684 valence electrons. The molecule has 3 aliphatic carbocycles. The molecule has 3 aromatic heterocycles. The number of carbonyl (C=O) groups excluding carboxylic acids is 2. The van der Waals surface area contributed by atoms with Crippen molar-refractivity contribution in [3.05, 3.63) is 174 Å². The molecule has 45 heteroatoms. The van der Waals surface area contributed by atoms with Gasteiger partial charge in [0.05, 0.1) is 38.0 Å². The first-order valence-electron chi connectivity index (χ1n) is 41.3. The smallest absolute Gasteiger partial charge is 0.405 e. The molecule has 9 N–H and O–H groups in total. The van der Waals surface area contributed by atoms with Gasteiger partial charge in [-0.1, -0.05) is 89.9 Å². The molecule has 3 saturated carbocycles. The second-order valence-corrected chi connectivity index (χ2v) is 32.3. The second kappa shape index (κ2) is 45.2. The Bertz CT molecular complexity index is 4540. The van der Waals surface area contributed by atoms with Gasteiger partial charge >= 0.3 is 36.1 Å². The Morgan fingerprint density at radius 1 is 0.476 bits per heavy atom. The normalized spacial score (nSPS) is 20.5. The minimum Gasteiger partial charge on any atom is -0.405 e. The fourth-order valence-electron chi connectivity index (χ4n) is 15.9. The molecule has 0 atom stereocenters. The summed E-state index contributed by atoms with van der Waals surface area (Å²) in [7, 11) is 0. The van der Waals surface area contributed by atoms with Gasteiger partial charge in [-0.05, 0) is 145 Å². The van der Waals surface area contributed by atoms with Crippen LogP contribution in [0.25, 0.3) is 0 Å². The molecule has 0 radical (unpaired) electrons. The summed E-state index contributed by atoms with van der Waals surface area (Å²) in [5.41, 5.74) is 6.62. The SMILES string of the molecule is C1CCOC1.CCOC(Cl)Cl.NC1CN(C2CCC(CNc3nc(NCc4ccccc4OC(F)(F)F)ncc3[N+](=O)[O-])CC2)C1.O=C1c2ccccc2C(=O)N1C1CN(C2CCC(CNc3nc(NCc4ccccc4OC(F)(F)F)ncc3[N+](=O)[O-])CC2)C1.O=[N+]([O-])c1cnc(NCc2ccccc2OC(F)(F)F)nc1NCC1CCC(N2CC(O)C2)CC1. The van der Waals surface area contributed by atoms with Crippen LogP contribution in [0.2, 0.25) is 0 Å². The van der Waals surface area contributed by atoms with Crippen LogP contribution in [0.15, 0.2) is 116 Å². The van der Waals surface area contributed by atoms with Crippen LogP contribution in [0.3, 0.4) is 0 Å². The van der Waals surface area contributed by atoms with Crippen molar-refractivity contribution >= 4 is 87.4 Å². The molecule has 4 aromatic carbocycles. The highest BCUT2D eigenvalue weighted by Crippen LogP contribution is 2.39. The largest absolute Gasteiger partial charge is 0.573 e. The van der Waals surface area contributed by atoms with Crippen LogP contribution in [0.1, 0.15) is 134 Å². The van der Waals surface area contributed by atoms with Gasteiger partial charge in [0.25, 0.3) is 11.8 Å². The van der Waals surface area contributed by atoms with Crippen LogP contribution >= 0.6 is 23.2 Å². The molecule has 2 amide bonds. The molecule has 8 heterocycles. The van der Waals surface area contributed by atoms with Crippen LogP contribution in [-0.2, 0) is 29.1 Å². The van der Waals surface area contributed by atoms with Crippen molar-refractivity contribution < 1.29 is 92.7 Å². The molecule has 7 fully saturated rings. The second-order valence-electron chi connectivity index (χ2n) is 31.2. The summed E-state index contributed by atoms with van der Waals surface area (Å²) in [6.07, 6.45) is 2.73. The first-order valence-corrected chi connectivity index (χ1v) is 42.2. The maximum Gasteiger partial charge on any atom is 0.573 e. The van der Waals surface area contributed by atoms with E-state index >= 15 is 0 Å². The summed E-state index contributed by atoms with van der Waals surface area (Å²) in [5, 5.41) is 61.0. The average molecular weight is 1820 g/mol. The number of rotatable bonds is 30.